The van der Waals surface area contributed by atoms with Crippen molar-refractivity contribution in [2.75, 3.05) is 17.2 Å². The molecule has 2 N–H and O–H groups in total. The van der Waals surface area contributed by atoms with Gasteiger partial charge in [-0.15, -0.1) is 0 Å². The van der Waals surface area contributed by atoms with Crippen molar-refractivity contribution in [1.29, 1.82) is 0 Å². The first-order chi connectivity index (χ1) is 7.99. The summed E-state index contributed by atoms with van der Waals surface area (Å²) in [6, 6.07) is 3.08. The number of anilines is 2. The summed E-state index contributed by atoms with van der Waals surface area (Å²) in [5.41, 5.74) is 1.31. The van der Waals surface area contributed by atoms with Crippen molar-refractivity contribution >= 4 is 39.9 Å². The van der Waals surface area contributed by atoms with E-state index in [-0.39, 0.29) is 23.6 Å². The normalized spacial score (nSPS) is 19.4. The predicted molar refractivity (Wildman–Crippen MR) is 74.6 cm³/mol. The second kappa shape index (κ2) is 4.80. The first-order valence-corrected chi connectivity index (χ1v) is 6.60. The van der Waals surface area contributed by atoms with E-state index in [0.29, 0.717) is 21.5 Å². The lowest BCUT2D eigenvalue weighted by Crippen LogP contribution is -2.29. The second-order valence-electron chi connectivity index (χ2n) is 4.53. The number of amides is 1. The SMILES string of the molecule is CC(C)C1CNc2cc(F)c(I)cc2NC1=O. The minimum Gasteiger partial charge on any atom is -0.382 e. The van der Waals surface area contributed by atoms with Gasteiger partial charge >= 0.3 is 0 Å². The summed E-state index contributed by atoms with van der Waals surface area (Å²) in [7, 11) is 0. The highest BCUT2D eigenvalue weighted by atomic mass is 127. The smallest absolute Gasteiger partial charge is 0.229 e. The van der Waals surface area contributed by atoms with Gasteiger partial charge in [0.25, 0.3) is 0 Å². The molecule has 0 fully saturated rings. The molecular weight excluding hydrogens is 334 g/mol. The van der Waals surface area contributed by atoms with E-state index < -0.39 is 0 Å². The van der Waals surface area contributed by atoms with E-state index in [2.05, 4.69) is 10.6 Å². The highest BCUT2D eigenvalue weighted by molar-refractivity contribution is 14.1. The fraction of sp³-hybridized carbons (Fsp3) is 0.417. The minimum absolute atomic E-state index is 0.00587. The molecule has 1 aromatic carbocycles. The molecule has 2 rings (SSSR count). The molecule has 0 aromatic heterocycles. The van der Waals surface area contributed by atoms with E-state index in [1.807, 2.05) is 36.4 Å². The van der Waals surface area contributed by atoms with Gasteiger partial charge in [-0.2, -0.15) is 0 Å². The number of halogens is 2. The predicted octanol–water partition coefficient (Wildman–Crippen LogP) is 3.07. The van der Waals surface area contributed by atoms with Gasteiger partial charge in [-0.1, -0.05) is 13.8 Å². The zero-order valence-corrected chi connectivity index (χ0v) is 11.8. The molecule has 0 spiro atoms. The quantitative estimate of drug-likeness (QED) is 0.766. The van der Waals surface area contributed by atoms with Crippen LogP contribution < -0.4 is 10.6 Å². The van der Waals surface area contributed by atoms with Crippen LogP contribution in [0.25, 0.3) is 0 Å². The molecule has 1 atom stereocenters. The van der Waals surface area contributed by atoms with E-state index in [0.717, 1.165) is 0 Å². The zero-order chi connectivity index (χ0) is 12.6. The standard InChI is InChI=1S/C12H14FIN2O/c1-6(2)7-5-15-10-3-8(13)9(14)4-11(10)16-12(7)17/h3-4,6-7,15H,5H2,1-2H3,(H,16,17). The van der Waals surface area contributed by atoms with E-state index in [1.165, 1.54) is 6.07 Å². The van der Waals surface area contributed by atoms with Gasteiger partial charge in [0.2, 0.25) is 5.91 Å². The minimum atomic E-state index is -0.269. The van der Waals surface area contributed by atoms with Crippen LogP contribution in [0.3, 0.4) is 0 Å². The number of carbonyl (C=O) groups is 1. The lowest BCUT2D eigenvalue weighted by molar-refractivity contribution is -0.120. The molecule has 0 radical (unpaired) electrons. The van der Waals surface area contributed by atoms with Crippen LogP contribution in [0.2, 0.25) is 0 Å². The Kier molecular flexibility index (Phi) is 3.56. The molecule has 1 unspecified atom stereocenters. The molecule has 92 valence electrons. The van der Waals surface area contributed by atoms with E-state index in [4.69, 9.17) is 0 Å². The highest BCUT2D eigenvalue weighted by Crippen LogP contribution is 2.30. The molecule has 0 saturated carbocycles. The summed E-state index contributed by atoms with van der Waals surface area (Å²) in [4.78, 5) is 12.0. The third kappa shape index (κ3) is 2.53. The van der Waals surface area contributed by atoms with Crippen LogP contribution in [0, 0.1) is 21.2 Å². The average molecular weight is 348 g/mol. The molecule has 1 aliphatic rings. The number of carbonyl (C=O) groups excluding carboxylic acids is 1. The van der Waals surface area contributed by atoms with Crippen molar-refractivity contribution in [3.63, 3.8) is 0 Å². The Labute approximate surface area is 113 Å². The average Bonchev–Trinajstić information content (AvgIpc) is 2.38. The molecule has 1 aliphatic heterocycles. The van der Waals surface area contributed by atoms with Crippen LogP contribution in [0.15, 0.2) is 12.1 Å². The Hall–Kier alpha value is -0.850. The summed E-state index contributed by atoms with van der Waals surface area (Å²) in [5.74, 6) is -0.119. The largest absolute Gasteiger partial charge is 0.382 e. The van der Waals surface area contributed by atoms with Crippen LogP contribution in [0.5, 0.6) is 0 Å². The van der Waals surface area contributed by atoms with Crippen molar-refractivity contribution < 1.29 is 9.18 Å². The van der Waals surface area contributed by atoms with Crippen LogP contribution in [0.1, 0.15) is 13.8 Å². The topological polar surface area (TPSA) is 41.1 Å². The van der Waals surface area contributed by atoms with Gasteiger partial charge in [-0.25, -0.2) is 4.39 Å². The van der Waals surface area contributed by atoms with Crippen LogP contribution in [-0.2, 0) is 4.79 Å². The Bertz CT molecular complexity index is 462. The van der Waals surface area contributed by atoms with Gasteiger partial charge in [-0.3, -0.25) is 4.79 Å². The van der Waals surface area contributed by atoms with Crippen LogP contribution in [0.4, 0.5) is 15.8 Å². The monoisotopic (exact) mass is 348 g/mol. The number of fused-ring (bicyclic) bond motifs is 1. The summed E-state index contributed by atoms with van der Waals surface area (Å²) in [6.45, 7) is 4.55. The number of nitrogens with one attached hydrogen (secondary N) is 2. The van der Waals surface area contributed by atoms with Crippen LogP contribution >= 0.6 is 22.6 Å². The van der Waals surface area contributed by atoms with E-state index in [9.17, 15) is 9.18 Å². The molecule has 1 amide bonds. The van der Waals surface area contributed by atoms with E-state index >= 15 is 0 Å². The summed E-state index contributed by atoms with van der Waals surface area (Å²) >= 11 is 1.91. The second-order valence-corrected chi connectivity index (χ2v) is 5.69. The Morgan fingerprint density at radius 2 is 2.12 bits per heavy atom. The summed E-state index contributed by atoms with van der Waals surface area (Å²) in [5, 5.41) is 5.98. The Morgan fingerprint density at radius 1 is 1.41 bits per heavy atom. The molecule has 0 saturated heterocycles. The number of hydrogen-bond acceptors (Lipinski definition) is 2. The van der Waals surface area contributed by atoms with Gasteiger partial charge < -0.3 is 10.6 Å². The maximum atomic E-state index is 13.4. The third-order valence-corrected chi connectivity index (χ3v) is 3.80. The van der Waals surface area contributed by atoms with E-state index in [1.54, 1.807) is 6.07 Å². The van der Waals surface area contributed by atoms with Crippen molar-refractivity contribution in [2.45, 2.75) is 13.8 Å². The molecule has 0 bridgehead atoms. The molecule has 1 heterocycles. The number of rotatable bonds is 1. The third-order valence-electron chi connectivity index (χ3n) is 2.97. The molecule has 1 aromatic rings. The van der Waals surface area contributed by atoms with Crippen molar-refractivity contribution in [3.8, 4) is 0 Å². The molecular formula is C12H14FIN2O. The lowest BCUT2D eigenvalue weighted by Gasteiger charge is -2.16. The lowest BCUT2D eigenvalue weighted by atomic mass is 9.95. The molecule has 3 nitrogen and oxygen atoms in total. The zero-order valence-electron chi connectivity index (χ0n) is 9.68. The fourth-order valence-electron chi connectivity index (χ4n) is 1.87. The molecule has 17 heavy (non-hydrogen) atoms. The maximum absolute atomic E-state index is 13.4. The maximum Gasteiger partial charge on any atom is 0.229 e. The Morgan fingerprint density at radius 3 is 2.76 bits per heavy atom. The fourth-order valence-corrected chi connectivity index (χ4v) is 2.34. The number of benzene rings is 1. The van der Waals surface area contributed by atoms with Crippen molar-refractivity contribution in [1.82, 2.24) is 0 Å². The van der Waals surface area contributed by atoms with Gasteiger partial charge in [0.05, 0.1) is 20.9 Å². The molecule has 0 aliphatic carbocycles. The molecule has 5 heteroatoms. The Balaban J connectivity index is 2.35. The van der Waals surface area contributed by atoms with Gasteiger partial charge in [-0.05, 0) is 34.6 Å². The number of hydrogen-bond donors (Lipinski definition) is 2. The summed E-state index contributed by atoms with van der Waals surface area (Å²) in [6.07, 6.45) is 0. The van der Waals surface area contributed by atoms with Gasteiger partial charge in [0.15, 0.2) is 0 Å². The van der Waals surface area contributed by atoms with Crippen molar-refractivity contribution in [3.05, 3.63) is 21.5 Å². The first kappa shape index (κ1) is 12.6. The summed E-state index contributed by atoms with van der Waals surface area (Å²) < 4.78 is 13.9. The first-order valence-electron chi connectivity index (χ1n) is 5.53. The van der Waals surface area contributed by atoms with Gasteiger partial charge in [0, 0.05) is 12.6 Å². The van der Waals surface area contributed by atoms with Crippen molar-refractivity contribution in [2.24, 2.45) is 11.8 Å². The highest BCUT2D eigenvalue weighted by Gasteiger charge is 2.26. The van der Waals surface area contributed by atoms with Gasteiger partial charge in [0.1, 0.15) is 5.82 Å². The van der Waals surface area contributed by atoms with Crippen LogP contribution in [-0.4, -0.2) is 12.5 Å².